The second kappa shape index (κ2) is 10.0. The highest BCUT2D eigenvalue weighted by Gasteiger charge is 2.29. The van der Waals surface area contributed by atoms with Gasteiger partial charge in [0, 0.05) is 44.5 Å². The molecule has 31 heavy (non-hydrogen) atoms. The number of para-hydroxylation sites is 2. The number of benzene rings is 1. The van der Waals surface area contributed by atoms with E-state index in [1.54, 1.807) is 24.3 Å². The Bertz CT molecular complexity index is 979. The Morgan fingerprint density at radius 1 is 1.06 bits per heavy atom. The van der Waals surface area contributed by atoms with E-state index in [1.807, 2.05) is 11.8 Å². The van der Waals surface area contributed by atoms with Crippen LogP contribution in [0.2, 0.25) is 0 Å². The Balaban J connectivity index is 1.52. The van der Waals surface area contributed by atoms with Gasteiger partial charge in [-0.3, -0.25) is 14.3 Å². The molecule has 0 aliphatic carbocycles. The third-order valence-electron chi connectivity index (χ3n) is 5.34. The zero-order chi connectivity index (χ0) is 22.4. The average molecular weight is 440 g/mol. The molecule has 2 heterocycles. The molecule has 3 rings (SSSR count). The molecular formula is C21H27F3N4O3. The maximum atomic E-state index is 12.5. The summed E-state index contributed by atoms with van der Waals surface area (Å²) in [5, 5.41) is 0. The molecule has 0 amide bonds. The van der Waals surface area contributed by atoms with Crippen LogP contribution in [0.4, 0.5) is 18.9 Å². The van der Waals surface area contributed by atoms with Gasteiger partial charge in [-0.15, -0.1) is 0 Å². The maximum Gasteiger partial charge on any atom is 0.422 e. The molecule has 170 valence electrons. The lowest BCUT2D eigenvalue weighted by Gasteiger charge is -2.36. The number of hydrogen-bond acceptors (Lipinski definition) is 5. The van der Waals surface area contributed by atoms with Crippen molar-refractivity contribution in [1.82, 2.24) is 14.5 Å². The number of alkyl halides is 3. The molecule has 0 unspecified atom stereocenters. The third-order valence-corrected chi connectivity index (χ3v) is 5.34. The normalized spacial score (nSPS) is 15.3. The van der Waals surface area contributed by atoms with E-state index in [0.29, 0.717) is 43.7 Å². The number of H-pyrrole nitrogens is 1. The Morgan fingerprint density at radius 2 is 1.77 bits per heavy atom. The van der Waals surface area contributed by atoms with Crippen molar-refractivity contribution in [2.75, 3.05) is 44.2 Å². The minimum atomic E-state index is -4.38. The van der Waals surface area contributed by atoms with Crippen LogP contribution in [0, 0.1) is 0 Å². The Kier molecular flexibility index (Phi) is 7.42. The Hall–Kier alpha value is -2.75. The summed E-state index contributed by atoms with van der Waals surface area (Å²) in [6, 6.07) is 6.75. The van der Waals surface area contributed by atoms with E-state index >= 15 is 0 Å². The molecule has 10 heteroatoms. The van der Waals surface area contributed by atoms with E-state index in [2.05, 4.69) is 9.88 Å². The standard InChI is InChI=1S/C21H27F3N4O3/c1-2-16-14-25-20(30)28(19(16)29)9-5-8-26-10-12-27(13-11-26)17-6-3-4-7-18(17)31-15-21(22,23)24/h3-4,6-7,14H,2,5,8-13,15H2,1H3,(H,25,30). The first-order chi connectivity index (χ1) is 14.8. The van der Waals surface area contributed by atoms with Crippen LogP contribution in [-0.2, 0) is 13.0 Å². The first kappa shape index (κ1) is 22.9. The first-order valence-corrected chi connectivity index (χ1v) is 10.4. The summed E-state index contributed by atoms with van der Waals surface area (Å²) < 4.78 is 43.8. The molecule has 1 aromatic heterocycles. The number of anilines is 1. The maximum absolute atomic E-state index is 12.5. The van der Waals surface area contributed by atoms with Crippen LogP contribution < -0.4 is 20.9 Å². The van der Waals surface area contributed by atoms with Crippen molar-refractivity contribution in [3.05, 3.63) is 56.9 Å². The van der Waals surface area contributed by atoms with Gasteiger partial charge in [0.2, 0.25) is 0 Å². The second-order valence-corrected chi connectivity index (χ2v) is 7.48. The largest absolute Gasteiger partial charge is 0.482 e. The summed E-state index contributed by atoms with van der Waals surface area (Å²) in [5.74, 6) is 0.225. The fraction of sp³-hybridized carbons (Fsp3) is 0.524. The molecule has 1 N–H and O–H groups in total. The highest BCUT2D eigenvalue weighted by Crippen LogP contribution is 2.30. The lowest BCUT2D eigenvalue weighted by Crippen LogP contribution is -2.47. The summed E-state index contributed by atoms with van der Waals surface area (Å²) in [7, 11) is 0. The van der Waals surface area contributed by atoms with Crippen LogP contribution in [0.3, 0.4) is 0 Å². The molecule has 7 nitrogen and oxygen atoms in total. The van der Waals surface area contributed by atoms with Gasteiger partial charge < -0.3 is 14.6 Å². The van der Waals surface area contributed by atoms with Crippen molar-refractivity contribution < 1.29 is 17.9 Å². The van der Waals surface area contributed by atoms with Crippen molar-refractivity contribution in [1.29, 1.82) is 0 Å². The topological polar surface area (TPSA) is 70.6 Å². The molecular weight excluding hydrogens is 413 g/mol. The van der Waals surface area contributed by atoms with Crippen LogP contribution >= 0.6 is 0 Å². The molecule has 0 saturated carbocycles. The molecule has 0 radical (unpaired) electrons. The SMILES string of the molecule is CCc1c[nH]c(=O)n(CCCN2CCN(c3ccccc3OCC(F)(F)F)CC2)c1=O. The van der Waals surface area contributed by atoms with E-state index in [9.17, 15) is 22.8 Å². The lowest BCUT2D eigenvalue weighted by atomic mass is 10.2. The average Bonchev–Trinajstić information content (AvgIpc) is 2.75. The smallest absolute Gasteiger partial charge is 0.422 e. The number of aryl methyl sites for hydroxylation is 1. The van der Waals surface area contributed by atoms with E-state index < -0.39 is 18.5 Å². The van der Waals surface area contributed by atoms with Gasteiger partial charge in [0.15, 0.2) is 6.61 Å². The van der Waals surface area contributed by atoms with Gasteiger partial charge in [-0.2, -0.15) is 13.2 Å². The number of halogens is 3. The number of nitrogens with one attached hydrogen (secondary N) is 1. The molecule has 1 fully saturated rings. The van der Waals surface area contributed by atoms with Crippen LogP contribution in [0.1, 0.15) is 18.9 Å². The van der Waals surface area contributed by atoms with Gasteiger partial charge in [0.05, 0.1) is 5.69 Å². The number of aromatic amines is 1. The number of nitrogens with zero attached hydrogens (tertiary/aromatic N) is 3. The molecule has 1 aliphatic heterocycles. The molecule has 2 aromatic rings. The quantitative estimate of drug-likeness (QED) is 0.682. The van der Waals surface area contributed by atoms with E-state index in [0.717, 1.165) is 19.6 Å². The van der Waals surface area contributed by atoms with Crippen LogP contribution in [-0.4, -0.2) is 60.0 Å². The predicted molar refractivity (Wildman–Crippen MR) is 112 cm³/mol. The number of piperazine rings is 1. The Morgan fingerprint density at radius 3 is 2.45 bits per heavy atom. The van der Waals surface area contributed by atoms with Gasteiger partial charge in [-0.1, -0.05) is 19.1 Å². The predicted octanol–water partition coefficient (Wildman–Crippen LogP) is 2.25. The molecule has 1 saturated heterocycles. The van der Waals surface area contributed by atoms with Crippen LogP contribution in [0.15, 0.2) is 40.1 Å². The van der Waals surface area contributed by atoms with Gasteiger partial charge >= 0.3 is 11.9 Å². The Labute approximate surface area is 178 Å². The summed E-state index contributed by atoms with van der Waals surface area (Å²) in [5.41, 5.74) is 0.592. The summed E-state index contributed by atoms with van der Waals surface area (Å²) >= 11 is 0. The van der Waals surface area contributed by atoms with Crippen molar-refractivity contribution >= 4 is 5.69 Å². The van der Waals surface area contributed by atoms with Crippen LogP contribution in [0.25, 0.3) is 0 Å². The zero-order valence-corrected chi connectivity index (χ0v) is 17.5. The van der Waals surface area contributed by atoms with Crippen molar-refractivity contribution in [2.45, 2.75) is 32.5 Å². The zero-order valence-electron chi connectivity index (χ0n) is 17.5. The summed E-state index contributed by atoms with van der Waals surface area (Å²) in [4.78, 5) is 31.1. The van der Waals surface area contributed by atoms with Crippen molar-refractivity contribution in [3.63, 3.8) is 0 Å². The molecule has 1 aromatic carbocycles. The van der Waals surface area contributed by atoms with Crippen LogP contribution in [0.5, 0.6) is 5.75 Å². The number of aromatic nitrogens is 2. The summed E-state index contributed by atoms with van der Waals surface area (Å²) in [6.45, 7) is 4.38. The number of hydrogen-bond donors (Lipinski definition) is 1. The van der Waals surface area contributed by atoms with E-state index in [1.165, 1.54) is 10.8 Å². The van der Waals surface area contributed by atoms with Crippen molar-refractivity contribution in [2.24, 2.45) is 0 Å². The fourth-order valence-corrected chi connectivity index (χ4v) is 3.68. The highest BCUT2D eigenvalue weighted by atomic mass is 19.4. The minimum Gasteiger partial charge on any atom is -0.482 e. The van der Waals surface area contributed by atoms with E-state index in [4.69, 9.17) is 4.74 Å². The molecule has 0 spiro atoms. The number of ether oxygens (including phenoxy) is 1. The van der Waals surface area contributed by atoms with Gasteiger partial charge in [-0.05, 0) is 31.5 Å². The third kappa shape index (κ3) is 6.13. The fourth-order valence-electron chi connectivity index (χ4n) is 3.68. The first-order valence-electron chi connectivity index (χ1n) is 10.4. The van der Waals surface area contributed by atoms with Gasteiger partial charge in [-0.25, -0.2) is 4.79 Å². The summed E-state index contributed by atoms with van der Waals surface area (Å²) in [6.07, 6.45) is -1.70. The minimum absolute atomic E-state index is 0.225. The van der Waals surface area contributed by atoms with Crippen molar-refractivity contribution in [3.8, 4) is 5.75 Å². The van der Waals surface area contributed by atoms with Gasteiger partial charge in [0.25, 0.3) is 5.56 Å². The van der Waals surface area contributed by atoms with E-state index in [-0.39, 0.29) is 11.3 Å². The second-order valence-electron chi connectivity index (χ2n) is 7.48. The number of rotatable bonds is 8. The highest BCUT2D eigenvalue weighted by molar-refractivity contribution is 5.58. The molecule has 0 bridgehead atoms. The molecule has 1 aliphatic rings. The van der Waals surface area contributed by atoms with Gasteiger partial charge in [0.1, 0.15) is 5.75 Å². The molecule has 0 atom stereocenters. The monoisotopic (exact) mass is 440 g/mol. The lowest BCUT2D eigenvalue weighted by molar-refractivity contribution is -0.153.